The smallest absolute Gasteiger partial charge is 0.243 e. The van der Waals surface area contributed by atoms with Gasteiger partial charge in [-0.3, -0.25) is 0 Å². The molecule has 0 aromatic heterocycles. The van der Waals surface area contributed by atoms with Crippen molar-refractivity contribution < 1.29 is 17.2 Å². The lowest BCUT2D eigenvalue weighted by Crippen LogP contribution is -2.32. The van der Waals surface area contributed by atoms with E-state index in [1.54, 1.807) is 7.05 Å². The van der Waals surface area contributed by atoms with Crippen LogP contribution in [0.25, 0.3) is 0 Å². The van der Waals surface area contributed by atoms with Gasteiger partial charge in [0.05, 0.1) is 0 Å². The highest BCUT2D eigenvalue weighted by molar-refractivity contribution is 7.89. The first-order chi connectivity index (χ1) is 8.36. The average Bonchev–Trinajstić information content (AvgIpc) is 2.26. The Morgan fingerprint density at radius 3 is 2.50 bits per heavy atom. The zero-order valence-corrected chi connectivity index (χ0v) is 11.0. The second kappa shape index (κ2) is 6.21. The summed E-state index contributed by atoms with van der Waals surface area (Å²) in [5.74, 6) is -1.84. The number of rotatable bonds is 6. The summed E-state index contributed by atoms with van der Waals surface area (Å²) in [4.78, 5) is -0.541. The van der Waals surface area contributed by atoms with Crippen molar-refractivity contribution in [2.75, 3.05) is 20.1 Å². The fraction of sp³-hybridized carbons (Fsp3) is 0.455. The van der Waals surface area contributed by atoms with Crippen molar-refractivity contribution in [3.8, 4) is 0 Å². The van der Waals surface area contributed by atoms with Crippen LogP contribution in [0.3, 0.4) is 0 Å². The molecule has 102 valence electrons. The Balaban J connectivity index is 2.80. The van der Waals surface area contributed by atoms with E-state index in [2.05, 4.69) is 10.0 Å². The summed E-state index contributed by atoms with van der Waals surface area (Å²) in [5, 5.41) is 2.90. The van der Waals surface area contributed by atoms with Crippen molar-refractivity contribution in [3.63, 3.8) is 0 Å². The van der Waals surface area contributed by atoms with Gasteiger partial charge in [-0.15, -0.1) is 0 Å². The molecular formula is C11H16F2N2O2S. The molecule has 0 amide bonds. The average molecular weight is 278 g/mol. The van der Waals surface area contributed by atoms with E-state index in [0.717, 1.165) is 12.1 Å². The van der Waals surface area contributed by atoms with Crippen LogP contribution in [0.2, 0.25) is 0 Å². The molecule has 0 bridgehead atoms. The molecule has 4 nitrogen and oxygen atoms in total. The topological polar surface area (TPSA) is 58.2 Å². The number of benzene rings is 1. The van der Waals surface area contributed by atoms with E-state index >= 15 is 0 Å². The van der Waals surface area contributed by atoms with Crippen LogP contribution in [0.5, 0.6) is 0 Å². The maximum absolute atomic E-state index is 13.3. The summed E-state index contributed by atoms with van der Waals surface area (Å²) in [7, 11) is -2.19. The molecule has 1 aromatic carbocycles. The molecule has 0 saturated carbocycles. The molecule has 0 aliphatic rings. The fourth-order valence-corrected chi connectivity index (χ4v) is 2.67. The zero-order valence-electron chi connectivity index (χ0n) is 10.2. The Hall–Kier alpha value is -1.05. The second-order valence-electron chi connectivity index (χ2n) is 4.09. The second-order valence-corrected chi connectivity index (χ2v) is 5.82. The van der Waals surface area contributed by atoms with E-state index in [-0.39, 0.29) is 12.5 Å². The maximum Gasteiger partial charge on any atom is 0.243 e. The Bertz CT molecular complexity index is 506. The van der Waals surface area contributed by atoms with Crippen molar-refractivity contribution in [2.24, 2.45) is 5.92 Å². The van der Waals surface area contributed by atoms with Crippen molar-refractivity contribution in [2.45, 2.75) is 11.8 Å². The minimum absolute atomic E-state index is 0.0632. The third-order valence-electron chi connectivity index (χ3n) is 2.36. The molecule has 7 heteroatoms. The van der Waals surface area contributed by atoms with E-state index in [4.69, 9.17) is 0 Å². The number of sulfonamides is 1. The van der Waals surface area contributed by atoms with Crippen LogP contribution in [0.15, 0.2) is 23.1 Å². The van der Waals surface area contributed by atoms with Crippen LogP contribution in [-0.2, 0) is 10.0 Å². The van der Waals surface area contributed by atoms with Gasteiger partial charge in [-0.2, -0.15) is 0 Å². The van der Waals surface area contributed by atoms with Gasteiger partial charge in [-0.1, -0.05) is 6.92 Å². The number of hydrogen-bond acceptors (Lipinski definition) is 3. The molecule has 0 spiro atoms. The van der Waals surface area contributed by atoms with Crippen LogP contribution in [0.4, 0.5) is 8.78 Å². The fourth-order valence-electron chi connectivity index (χ4n) is 1.44. The largest absolute Gasteiger partial charge is 0.319 e. The molecule has 0 radical (unpaired) electrons. The van der Waals surface area contributed by atoms with Crippen molar-refractivity contribution in [1.82, 2.24) is 10.0 Å². The molecule has 1 atom stereocenters. The molecule has 0 aliphatic heterocycles. The molecule has 2 N–H and O–H groups in total. The quantitative estimate of drug-likeness (QED) is 0.819. The molecule has 1 aromatic rings. The van der Waals surface area contributed by atoms with Crippen molar-refractivity contribution in [3.05, 3.63) is 29.8 Å². The van der Waals surface area contributed by atoms with E-state index in [9.17, 15) is 17.2 Å². The van der Waals surface area contributed by atoms with Gasteiger partial charge in [0.2, 0.25) is 10.0 Å². The summed E-state index contributed by atoms with van der Waals surface area (Å²) in [6.45, 7) is 2.66. The molecule has 1 rings (SSSR count). The first-order valence-corrected chi connectivity index (χ1v) is 6.94. The first kappa shape index (κ1) is 15.0. The van der Waals surface area contributed by atoms with E-state index in [0.29, 0.717) is 12.6 Å². The van der Waals surface area contributed by atoms with E-state index in [1.807, 2.05) is 6.92 Å². The molecule has 0 aliphatic carbocycles. The summed E-state index contributed by atoms with van der Waals surface area (Å²) in [5.41, 5.74) is 0. The third-order valence-corrected chi connectivity index (χ3v) is 3.81. The first-order valence-electron chi connectivity index (χ1n) is 5.46. The van der Waals surface area contributed by atoms with E-state index in [1.165, 1.54) is 0 Å². The minimum atomic E-state index is -3.94. The van der Waals surface area contributed by atoms with Gasteiger partial charge >= 0.3 is 0 Å². The molecule has 0 saturated heterocycles. The van der Waals surface area contributed by atoms with E-state index < -0.39 is 26.6 Å². The van der Waals surface area contributed by atoms with Crippen molar-refractivity contribution in [1.29, 1.82) is 0 Å². The summed E-state index contributed by atoms with van der Waals surface area (Å²) >= 11 is 0. The van der Waals surface area contributed by atoms with Gasteiger partial charge < -0.3 is 5.32 Å². The normalized spacial score (nSPS) is 13.6. The lowest BCUT2D eigenvalue weighted by atomic mass is 10.2. The predicted octanol–water partition coefficient (Wildman–Crippen LogP) is 1.10. The zero-order chi connectivity index (χ0) is 13.8. The number of hydrogen-bond donors (Lipinski definition) is 2. The van der Waals surface area contributed by atoms with Gasteiger partial charge in [0.25, 0.3) is 0 Å². The Labute approximate surface area is 105 Å². The molecule has 18 heavy (non-hydrogen) atoms. The Morgan fingerprint density at radius 2 is 1.94 bits per heavy atom. The highest BCUT2D eigenvalue weighted by Gasteiger charge is 2.19. The van der Waals surface area contributed by atoms with Crippen LogP contribution < -0.4 is 10.0 Å². The summed E-state index contributed by atoms with van der Waals surface area (Å²) in [6, 6.07) is 2.37. The molecule has 1 unspecified atom stereocenters. The molecular weight excluding hydrogens is 262 g/mol. The lowest BCUT2D eigenvalue weighted by Gasteiger charge is -2.12. The molecule has 0 heterocycles. The highest BCUT2D eigenvalue weighted by Crippen LogP contribution is 2.15. The summed E-state index contributed by atoms with van der Waals surface area (Å²) in [6.07, 6.45) is 0. The number of halogens is 2. The SMILES string of the molecule is CNCC(C)CNS(=O)(=O)c1ccc(F)cc1F. The molecule has 0 fully saturated rings. The third kappa shape index (κ3) is 4.01. The number of nitrogens with one attached hydrogen (secondary N) is 2. The standard InChI is InChI=1S/C11H16F2N2O2S/c1-8(6-14-2)7-15-18(16,17)11-4-3-9(12)5-10(11)13/h3-5,8,14-15H,6-7H2,1-2H3. The minimum Gasteiger partial charge on any atom is -0.319 e. The van der Waals surface area contributed by atoms with Gasteiger partial charge in [0.15, 0.2) is 0 Å². The van der Waals surface area contributed by atoms with Crippen LogP contribution in [0, 0.1) is 17.6 Å². The Morgan fingerprint density at radius 1 is 1.28 bits per heavy atom. The van der Waals surface area contributed by atoms with Crippen molar-refractivity contribution >= 4 is 10.0 Å². The van der Waals surface area contributed by atoms with Gasteiger partial charge in [-0.05, 0) is 31.6 Å². The lowest BCUT2D eigenvalue weighted by molar-refractivity contribution is 0.511. The summed E-state index contributed by atoms with van der Waals surface area (Å²) < 4.78 is 51.9. The van der Waals surface area contributed by atoms with Crippen LogP contribution in [0.1, 0.15) is 6.92 Å². The van der Waals surface area contributed by atoms with Crippen LogP contribution in [-0.4, -0.2) is 28.6 Å². The monoisotopic (exact) mass is 278 g/mol. The Kier molecular flexibility index (Phi) is 5.18. The maximum atomic E-state index is 13.3. The highest BCUT2D eigenvalue weighted by atomic mass is 32.2. The van der Waals surface area contributed by atoms with Gasteiger partial charge in [0.1, 0.15) is 16.5 Å². The van der Waals surface area contributed by atoms with Gasteiger partial charge in [0, 0.05) is 12.6 Å². The van der Waals surface area contributed by atoms with Gasteiger partial charge in [-0.25, -0.2) is 21.9 Å². The predicted molar refractivity (Wildman–Crippen MR) is 64.6 cm³/mol. The van der Waals surface area contributed by atoms with Crippen LogP contribution >= 0.6 is 0 Å².